The van der Waals surface area contributed by atoms with Gasteiger partial charge in [0.05, 0.1) is 6.54 Å². The van der Waals surface area contributed by atoms with Crippen molar-refractivity contribution in [2.45, 2.75) is 31.8 Å². The monoisotopic (exact) mass is 711 g/mol. The van der Waals surface area contributed by atoms with Crippen LogP contribution in [0, 0.1) is 0 Å². The van der Waals surface area contributed by atoms with Gasteiger partial charge in [-0.3, -0.25) is 4.99 Å². The molecule has 6 rings (SSSR count). The molecule has 5 aromatic rings. The number of nitrogens with one attached hydrogen (secondary N) is 3. The minimum absolute atomic E-state index is 0. The number of halogens is 2. The third kappa shape index (κ3) is 8.45. The molecule has 1 atom stereocenters. The number of unbranched alkanes of at least 4 members (excludes halogenated alkanes) is 2. The van der Waals surface area contributed by atoms with Crippen molar-refractivity contribution in [3.05, 3.63) is 157 Å². The van der Waals surface area contributed by atoms with Gasteiger partial charge in [0.25, 0.3) is 5.96 Å². The van der Waals surface area contributed by atoms with E-state index in [0.29, 0.717) is 12.6 Å². The molecular weight excluding hydrogens is 668 g/mol. The van der Waals surface area contributed by atoms with Crippen LogP contribution >= 0.6 is 17.2 Å². The molecular formula is C40H44Cl2N5OP. The van der Waals surface area contributed by atoms with Crippen molar-refractivity contribution in [2.75, 3.05) is 19.3 Å². The summed E-state index contributed by atoms with van der Waals surface area (Å²) in [6.07, 6.45) is 4.44. The number of guanidine groups is 2. The van der Waals surface area contributed by atoms with Crippen LogP contribution in [0.1, 0.15) is 36.6 Å². The van der Waals surface area contributed by atoms with Crippen molar-refractivity contribution < 1.29 is 22.1 Å². The number of ether oxygens (including phenoxy) is 1. The van der Waals surface area contributed by atoms with Crippen LogP contribution in [-0.2, 0) is 6.42 Å². The first kappa shape index (κ1) is 35.9. The summed E-state index contributed by atoms with van der Waals surface area (Å²) in [5.41, 5.74) is 8.40. The van der Waals surface area contributed by atoms with Crippen LogP contribution in [0.5, 0.6) is 5.75 Å². The quantitative estimate of drug-likeness (QED) is 0.105. The van der Waals surface area contributed by atoms with E-state index in [-0.39, 0.29) is 18.6 Å². The van der Waals surface area contributed by atoms with Gasteiger partial charge >= 0.3 is 219 Å². The fourth-order valence-corrected chi connectivity index (χ4v) is 12.6. The molecule has 1 aliphatic rings. The molecule has 0 amide bonds. The average Bonchev–Trinajstić information content (AvgIpc) is 3.14. The Morgan fingerprint density at radius 1 is 0.694 bits per heavy atom. The SMILES string of the molecule is NC1=NC(c2ccc(OCCCCCP(Cl)(c3ccccc3)(c3ccccc3)c3ccccc3)cc2)NC(=[NH+]CCc2ccccc2)N1.[Cl-]. The van der Waals surface area contributed by atoms with Gasteiger partial charge in [0.15, 0.2) is 0 Å². The summed E-state index contributed by atoms with van der Waals surface area (Å²) in [5.74, 6) is -1.26. The van der Waals surface area contributed by atoms with Gasteiger partial charge < -0.3 is 18.1 Å². The third-order valence-electron chi connectivity index (χ3n) is 8.93. The van der Waals surface area contributed by atoms with E-state index >= 15 is 0 Å². The van der Waals surface area contributed by atoms with E-state index in [9.17, 15) is 0 Å². The molecule has 254 valence electrons. The van der Waals surface area contributed by atoms with Crippen LogP contribution in [0.2, 0.25) is 0 Å². The summed E-state index contributed by atoms with van der Waals surface area (Å²) in [4.78, 5) is 7.95. The molecule has 5 N–H and O–H groups in total. The van der Waals surface area contributed by atoms with Crippen molar-refractivity contribution in [3.8, 4) is 5.75 Å². The van der Waals surface area contributed by atoms with E-state index in [4.69, 9.17) is 21.7 Å². The Bertz CT molecular complexity index is 1710. The zero-order chi connectivity index (χ0) is 33.1. The maximum absolute atomic E-state index is 8.20. The standard InChI is InChI=1S/C40H43ClN5OP.ClH/c41-48(35-18-8-2-9-19-35,36-20-10-3-11-21-36,37-22-12-4-13-23-37)31-15-5-14-30-47-34-26-24-33(25-27-34)38-44-39(42)46-40(45-38)43-29-28-32-16-6-1-7-17-32;/h1-4,6-13,16-27,38H,5,14-15,28-31H2,(H4,42,43,44,45,46);1H. The normalized spacial score (nSPS) is 15.9. The fraction of sp³-hybridized carbons (Fsp3) is 0.200. The van der Waals surface area contributed by atoms with Crippen LogP contribution in [0.4, 0.5) is 0 Å². The molecule has 1 aliphatic heterocycles. The van der Waals surface area contributed by atoms with Gasteiger partial charge in [-0.2, -0.15) is 0 Å². The first-order valence-electron chi connectivity index (χ1n) is 16.7. The minimum atomic E-state index is -3.23. The summed E-state index contributed by atoms with van der Waals surface area (Å²) < 4.78 is 6.16. The third-order valence-corrected chi connectivity index (χ3v) is 16.5. The molecule has 0 saturated carbocycles. The van der Waals surface area contributed by atoms with Gasteiger partial charge in [-0.1, -0.05) is 30.3 Å². The number of nitrogens with two attached hydrogens (primary N) is 1. The van der Waals surface area contributed by atoms with E-state index in [1.807, 2.05) is 30.3 Å². The molecule has 49 heavy (non-hydrogen) atoms. The molecule has 6 nitrogen and oxygen atoms in total. The van der Waals surface area contributed by atoms with Crippen molar-refractivity contribution in [2.24, 2.45) is 10.7 Å². The van der Waals surface area contributed by atoms with Gasteiger partial charge in [-0.05, 0) is 5.56 Å². The van der Waals surface area contributed by atoms with Gasteiger partial charge in [0.2, 0.25) is 0 Å². The topological polar surface area (TPSA) is 85.6 Å². The first-order chi connectivity index (χ1) is 23.5. The second-order valence-corrected chi connectivity index (χ2v) is 18.7. The summed E-state index contributed by atoms with van der Waals surface area (Å²) in [6, 6.07) is 50.5. The van der Waals surface area contributed by atoms with Gasteiger partial charge in [0, 0.05) is 6.42 Å². The summed E-state index contributed by atoms with van der Waals surface area (Å²) >= 11 is 8.20. The van der Waals surface area contributed by atoms with E-state index in [1.54, 1.807) is 0 Å². The van der Waals surface area contributed by atoms with Crippen LogP contribution in [0.25, 0.3) is 0 Å². The van der Waals surface area contributed by atoms with E-state index < -0.39 is 5.96 Å². The van der Waals surface area contributed by atoms with Crippen molar-refractivity contribution in [1.29, 1.82) is 0 Å². The maximum atomic E-state index is 8.20. The van der Waals surface area contributed by atoms with Gasteiger partial charge in [-0.25, -0.2) is 5.32 Å². The van der Waals surface area contributed by atoms with Crippen LogP contribution in [0.3, 0.4) is 0 Å². The molecule has 0 saturated heterocycles. The van der Waals surface area contributed by atoms with Crippen molar-refractivity contribution in [3.63, 3.8) is 0 Å². The first-order valence-corrected chi connectivity index (χ1v) is 20.0. The van der Waals surface area contributed by atoms with Gasteiger partial charge in [0.1, 0.15) is 0 Å². The molecule has 0 radical (unpaired) electrons. The van der Waals surface area contributed by atoms with Crippen molar-refractivity contribution >= 4 is 45.0 Å². The van der Waals surface area contributed by atoms with Gasteiger partial charge in [-0.15, -0.1) is 0 Å². The average molecular weight is 713 g/mol. The predicted molar refractivity (Wildman–Crippen MR) is 203 cm³/mol. The summed E-state index contributed by atoms with van der Waals surface area (Å²) in [6.45, 7) is 1.41. The Hall–Kier alpha value is -4.35. The Kier molecular flexibility index (Phi) is 12.4. The minimum Gasteiger partial charge on any atom is -1.00 e. The number of nitrogens with zero attached hydrogens (tertiary/aromatic N) is 1. The smallest absolute Gasteiger partial charge is 1.00 e. The van der Waals surface area contributed by atoms with E-state index in [2.05, 4.69) is 136 Å². The second-order valence-electron chi connectivity index (χ2n) is 12.1. The number of aliphatic imine (C=N–C) groups is 1. The van der Waals surface area contributed by atoms with Crippen LogP contribution in [-0.4, -0.2) is 31.2 Å². The molecule has 0 aromatic heterocycles. The van der Waals surface area contributed by atoms with Crippen LogP contribution < -0.4 is 54.4 Å². The molecule has 5 aromatic carbocycles. The number of rotatable bonds is 14. The van der Waals surface area contributed by atoms with Crippen LogP contribution in [0.15, 0.2) is 151 Å². The van der Waals surface area contributed by atoms with E-state index in [1.165, 1.54) is 21.5 Å². The zero-order valence-electron chi connectivity index (χ0n) is 27.5. The molecule has 0 fully saturated rings. The zero-order valence-corrected chi connectivity index (χ0v) is 29.9. The number of hydrogen-bond donors (Lipinski definition) is 4. The molecule has 9 heteroatoms. The molecule has 0 aliphatic carbocycles. The Morgan fingerprint density at radius 3 is 1.78 bits per heavy atom. The predicted octanol–water partition coefficient (Wildman–Crippen LogP) is 2.11. The molecule has 1 unspecified atom stereocenters. The summed E-state index contributed by atoms with van der Waals surface area (Å²) in [7, 11) is 0. The Balaban J connectivity index is 0.00000468. The molecule has 1 heterocycles. The van der Waals surface area contributed by atoms with E-state index in [0.717, 1.165) is 55.7 Å². The Labute approximate surface area is 301 Å². The second kappa shape index (κ2) is 16.8. The Morgan fingerprint density at radius 2 is 1.22 bits per heavy atom. The van der Waals surface area contributed by atoms with Crippen molar-refractivity contribution in [1.82, 2.24) is 10.6 Å². The number of hydrogen-bond acceptors (Lipinski definition) is 3. The summed E-state index contributed by atoms with van der Waals surface area (Å²) in [5, 5.41) is 10.1. The fourth-order valence-electron chi connectivity index (χ4n) is 6.41. The molecule has 0 bridgehead atoms. The molecule has 0 spiro atoms. The number of benzene rings is 5.